The lowest BCUT2D eigenvalue weighted by Crippen LogP contribution is -2.37. The van der Waals surface area contributed by atoms with Crippen molar-refractivity contribution < 1.29 is 13.2 Å². The number of aromatic nitrogens is 2. The summed E-state index contributed by atoms with van der Waals surface area (Å²) in [6.45, 7) is 3.25. The third-order valence-electron chi connectivity index (χ3n) is 4.40. The molecule has 0 saturated carbocycles. The van der Waals surface area contributed by atoms with Crippen LogP contribution in [0.5, 0.6) is 5.75 Å². The van der Waals surface area contributed by atoms with E-state index in [9.17, 15) is 8.42 Å². The number of anilines is 2. The summed E-state index contributed by atoms with van der Waals surface area (Å²) in [5.41, 5.74) is 0.820. The van der Waals surface area contributed by atoms with Gasteiger partial charge in [0.2, 0.25) is 5.13 Å². The van der Waals surface area contributed by atoms with E-state index >= 15 is 0 Å². The predicted octanol–water partition coefficient (Wildman–Crippen LogP) is 2.89. The molecule has 26 heavy (non-hydrogen) atoms. The first-order valence-electron chi connectivity index (χ1n) is 8.34. The minimum atomic E-state index is -2.92. The second kappa shape index (κ2) is 8.03. The van der Waals surface area contributed by atoms with E-state index in [1.54, 1.807) is 11.8 Å². The Morgan fingerprint density at radius 2 is 2.23 bits per heavy atom. The number of para-hydroxylation sites is 2. The van der Waals surface area contributed by atoms with Crippen LogP contribution in [0, 0.1) is 3.95 Å². The monoisotopic (exact) mass is 414 g/mol. The van der Waals surface area contributed by atoms with Gasteiger partial charge in [-0.05, 0) is 37.3 Å². The quantitative estimate of drug-likeness (QED) is 0.698. The fourth-order valence-corrected chi connectivity index (χ4v) is 5.79. The van der Waals surface area contributed by atoms with Gasteiger partial charge >= 0.3 is 0 Å². The van der Waals surface area contributed by atoms with E-state index in [2.05, 4.69) is 15.3 Å². The van der Waals surface area contributed by atoms with Gasteiger partial charge in [0, 0.05) is 6.04 Å². The van der Waals surface area contributed by atoms with E-state index in [0.29, 0.717) is 22.2 Å². The molecule has 0 aliphatic carbocycles. The maximum Gasteiger partial charge on any atom is 0.209 e. The third kappa shape index (κ3) is 4.43. The minimum absolute atomic E-state index is 0.0271. The smallest absolute Gasteiger partial charge is 0.209 e. The van der Waals surface area contributed by atoms with E-state index in [0.717, 1.165) is 18.0 Å². The molecule has 1 aromatic carbocycles. The highest BCUT2D eigenvalue weighted by molar-refractivity contribution is 7.91. The third-order valence-corrected chi connectivity index (χ3v) is 7.37. The number of nitrogens with one attached hydrogen (secondary N) is 1. The lowest BCUT2D eigenvalue weighted by molar-refractivity contribution is 0.165. The highest BCUT2D eigenvalue weighted by Crippen LogP contribution is 2.28. The van der Waals surface area contributed by atoms with Gasteiger partial charge in [0.15, 0.2) is 13.8 Å². The number of rotatable bonds is 7. The van der Waals surface area contributed by atoms with Crippen LogP contribution in [-0.2, 0) is 16.5 Å². The Balaban J connectivity index is 1.74. The van der Waals surface area contributed by atoms with Gasteiger partial charge in [0.1, 0.15) is 5.75 Å². The van der Waals surface area contributed by atoms with Gasteiger partial charge in [0.05, 0.1) is 31.0 Å². The zero-order valence-corrected chi connectivity index (χ0v) is 17.2. The summed E-state index contributed by atoms with van der Waals surface area (Å²) < 4.78 is 31.2. The summed E-state index contributed by atoms with van der Waals surface area (Å²) in [6.07, 6.45) is 0.667. The molecule has 0 unspecified atom stereocenters. The lowest BCUT2D eigenvalue weighted by atomic mass is 10.2. The molecular formula is C16H22N4O3S3. The van der Waals surface area contributed by atoms with Gasteiger partial charge in [-0.25, -0.2) is 13.1 Å². The number of nitrogens with zero attached hydrogens (tertiary/aromatic N) is 3. The molecule has 0 spiro atoms. The molecule has 0 amide bonds. The van der Waals surface area contributed by atoms with Crippen LogP contribution < -0.4 is 10.1 Å². The van der Waals surface area contributed by atoms with Crippen LogP contribution in [0.3, 0.4) is 0 Å². The standard InChI is InChI=1S/C16H22N4O3S3/c1-3-19(12-8-9-26(21,22)10-12)11-20-16(24)25-15(18-20)17-13-6-4-5-7-14(13)23-2/h4-7,12H,3,8-11H2,1-2H3,(H,17,18)/t12-/m1/s1. The van der Waals surface area contributed by atoms with Crippen LogP contribution in [-0.4, -0.2) is 54.3 Å². The molecule has 1 N–H and O–H groups in total. The Morgan fingerprint density at radius 3 is 2.88 bits per heavy atom. The second-order valence-corrected chi connectivity index (χ2v) is 9.95. The van der Waals surface area contributed by atoms with Gasteiger partial charge in [-0.15, -0.1) is 5.10 Å². The highest BCUT2D eigenvalue weighted by Gasteiger charge is 2.31. The maximum absolute atomic E-state index is 11.8. The first-order chi connectivity index (χ1) is 12.4. The molecule has 1 aliphatic heterocycles. The molecule has 3 rings (SSSR count). The molecule has 1 atom stereocenters. The Bertz CT molecular complexity index is 923. The summed E-state index contributed by atoms with van der Waals surface area (Å²) in [4.78, 5) is 2.12. The van der Waals surface area contributed by atoms with Crippen molar-refractivity contribution in [2.24, 2.45) is 0 Å². The molecule has 1 fully saturated rings. The number of hydrogen-bond donors (Lipinski definition) is 1. The van der Waals surface area contributed by atoms with Gasteiger partial charge in [0.25, 0.3) is 0 Å². The van der Waals surface area contributed by atoms with Crippen LogP contribution in [0.2, 0.25) is 0 Å². The summed E-state index contributed by atoms with van der Waals surface area (Å²) in [7, 11) is -1.30. The van der Waals surface area contributed by atoms with Crippen molar-refractivity contribution in [3.8, 4) is 5.75 Å². The Kier molecular flexibility index (Phi) is 5.96. The van der Waals surface area contributed by atoms with Gasteiger partial charge < -0.3 is 10.1 Å². The number of methoxy groups -OCH3 is 1. The molecule has 10 heteroatoms. The average Bonchev–Trinajstić information content (AvgIpc) is 3.14. The summed E-state index contributed by atoms with van der Waals surface area (Å²) in [5, 5.41) is 8.46. The molecule has 7 nitrogen and oxygen atoms in total. The second-order valence-electron chi connectivity index (χ2n) is 6.10. The summed E-state index contributed by atoms with van der Waals surface area (Å²) >= 11 is 6.82. The number of sulfone groups is 1. The van der Waals surface area contributed by atoms with Crippen molar-refractivity contribution in [3.05, 3.63) is 28.2 Å². The molecule has 1 saturated heterocycles. The zero-order valence-electron chi connectivity index (χ0n) is 14.7. The molecule has 1 aromatic heterocycles. The Hall–Kier alpha value is -1.49. The zero-order chi connectivity index (χ0) is 18.7. The molecule has 2 aromatic rings. The first kappa shape index (κ1) is 19.3. The topological polar surface area (TPSA) is 76.5 Å². The Labute approximate surface area is 162 Å². The van der Waals surface area contributed by atoms with Crippen LogP contribution in [0.15, 0.2) is 24.3 Å². The summed E-state index contributed by atoms with van der Waals surface area (Å²) in [6, 6.07) is 7.63. The first-order valence-corrected chi connectivity index (χ1v) is 11.4. The number of ether oxygens (including phenoxy) is 1. The molecule has 0 bridgehead atoms. The predicted molar refractivity (Wildman–Crippen MR) is 107 cm³/mol. The Morgan fingerprint density at radius 1 is 1.46 bits per heavy atom. The fraction of sp³-hybridized carbons (Fsp3) is 0.500. The SMILES string of the molecule is CCN(Cn1nc(Nc2ccccc2OC)sc1=S)[C@@H]1CCS(=O)(=O)C1. The van der Waals surface area contributed by atoms with Crippen molar-refractivity contribution in [1.29, 1.82) is 0 Å². The highest BCUT2D eigenvalue weighted by atomic mass is 32.2. The lowest BCUT2D eigenvalue weighted by Gasteiger charge is -2.25. The van der Waals surface area contributed by atoms with Gasteiger partial charge in [-0.3, -0.25) is 4.90 Å². The van der Waals surface area contributed by atoms with Crippen LogP contribution in [0.1, 0.15) is 13.3 Å². The van der Waals surface area contributed by atoms with Crippen molar-refractivity contribution in [3.63, 3.8) is 0 Å². The van der Waals surface area contributed by atoms with E-state index in [-0.39, 0.29) is 17.5 Å². The van der Waals surface area contributed by atoms with Crippen molar-refractivity contribution in [1.82, 2.24) is 14.7 Å². The van der Waals surface area contributed by atoms with Crippen LogP contribution in [0.4, 0.5) is 10.8 Å². The molecule has 1 aliphatic rings. The average molecular weight is 415 g/mol. The normalized spacial score (nSPS) is 19.0. The van der Waals surface area contributed by atoms with Crippen molar-refractivity contribution >= 4 is 44.2 Å². The molecular weight excluding hydrogens is 392 g/mol. The fourth-order valence-electron chi connectivity index (χ4n) is 3.02. The van der Waals surface area contributed by atoms with Crippen molar-refractivity contribution in [2.75, 3.05) is 30.5 Å². The van der Waals surface area contributed by atoms with E-state index in [1.165, 1.54) is 11.3 Å². The molecule has 0 radical (unpaired) electrons. The number of benzene rings is 1. The largest absolute Gasteiger partial charge is 0.495 e. The van der Waals surface area contributed by atoms with Crippen LogP contribution in [0.25, 0.3) is 0 Å². The van der Waals surface area contributed by atoms with Gasteiger partial charge in [-0.2, -0.15) is 0 Å². The van der Waals surface area contributed by atoms with E-state index in [4.69, 9.17) is 17.0 Å². The maximum atomic E-state index is 11.8. The molecule has 142 valence electrons. The van der Waals surface area contributed by atoms with Gasteiger partial charge in [-0.1, -0.05) is 30.4 Å². The minimum Gasteiger partial charge on any atom is -0.495 e. The molecule has 2 heterocycles. The van der Waals surface area contributed by atoms with Crippen LogP contribution >= 0.6 is 23.6 Å². The van der Waals surface area contributed by atoms with Crippen molar-refractivity contribution in [2.45, 2.75) is 26.1 Å². The summed E-state index contributed by atoms with van der Waals surface area (Å²) in [5.74, 6) is 1.20. The number of hydrogen-bond acceptors (Lipinski definition) is 8. The van der Waals surface area contributed by atoms with E-state index < -0.39 is 9.84 Å². The van der Waals surface area contributed by atoms with E-state index in [1.807, 2.05) is 31.2 Å².